The Labute approximate surface area is 97.2 Å². The molecule has 16 heavy (non-hydrogen) atoms. The van der Waals surface area contributed by atoms with E-state index >= 15 is 0 Å². The molecule has 1 saturated carbocycles. The van der Waals surface area contributed by atoms with E-state index in [0.717, 1.165) is 12.8 Å². The van der Waals surface area contributed by atoms with Crippen molar-refractivity contribution >= 4 is 17.5 Å². The van der Waals surface area contributed by atoms with E-state index in [1.54, 1.807) is 0 Å². The number of halogens is 2. The maximum absolute atomic E-state index is 13.5. The van der Waals surface area contributed by atoms with Crippen molar-refractivity contribution in [1.82, 2.24) is 5.32 Å². The highest BCUT2D eigenvalue weighted by Crippen LogP contribution is 2.35. The fourth-order valence-corrected chi connectivity index (χ4v) is 1.64. The summed E-state index contributed by atoms with van der Waals surface area (Å²) in [6.07, 6.45) is 1.44. The molecule has 0 bridgehead atoms. The Morgan fingerprint density at radius 3 is 2.81 bits per heavy atom. The zero-order valence-electron chi connectivity index (χ0n) is 8.46. The second kappa shape index (κ2) is 4.03. The van der Waals surface area contributed by atoms with Crippen LogP contribution in [0.5, 0.6) is 0 Å². The zero-order valence-corrected chi connectivity index (χ0v) is 9.22. The molecular formula is C11H11ClFNO2. The first-order valence-electron chi connectivity index (χ1n) is 4.95. The second-order valence-electron chi connectivity index (χ2n) is 3.99. The van der Waals surface area contributed by atoms with Gasteiger partial charge in [0.2, 0.25) is 0 Å². The van der Waals surface area contributed by atoms with Gasteiger partial charge in [0, 0.05) is 0 Å². The van der Waals surface area contributed by atoms with Crippen LogP contribution in [0.25, 0.3) is 0 Å². The third-order valence-corrected chi connectivity index (χ3v) is 3.02. The SMILES string of the molecule is O=C(NC1(CO)CC1)c1cccc(Cl)c1F. The highest BCUT2D eigenvalue weighted by Gasteiger charge is 2.43. The third kappa shape index (κ3) is 2.03. The van der Waals surface area contributed by atoms with Gasteiger partial charge in [-0.25, -0.2) is 4.39 Å². The van der Waals surface area contributed by atoms with Crippen LogP contribution in [-0.2, 0) is 0 Å². The van der Waals surface area contributed by atoms with Crippen LogP contribution in [0, 0.1) is 5.82 Å². The molecular weight excluding hydrogens is 233 g/mol. The van der Waals surface area contributed by atoms with Gasteiger partial charge in [0.15, 0.2) is 5.82 Å². The summed E-state index contributed by atoms with van der Waals surface area (Å²) in [4.78, 5) is 11.7. The molecule has 1 amide bonds. The molecule has 1 fully saturated rings. The molecule has 0 aromatic heterocycles. The first kappa shape index (κ1) is 11.4. The molecule has 0 radical (unpaired) electrons. The Balaban J connectivity index is 2.18. The van der Waals surface area contributed by atoms with Gasteiger partial charge in [-0.2, -0.15) is 0 Å². The van der Waals surface area contributed by atoms with Gasteiger partial charge in [0.25, 0.3) is 5.91 Å². The number of nitrogens with one attached hydrogen (secondary N) is 1. The minimum atomic E-state index is -0.726. The van der Waals surface area contributed by atoms with Gasteiger partial charge < -0.3 is 10.4 Å². The topological polar surface area (TPSA) is 49.3 Å². The first-order valence-corrected chi connectivity index (χ1v) is 5.33. The van der Waals surface area contributed by atoms with Crippen molar-refractivity contribution in [2.45, 2.75) is 18.4 Å². The van der Waals surface area contributed by atoms with Crippen molar-refractivity contribution in [2.75, 3.05) is 6.61 Å². The molecule has 2 rings (SSSR count). The number of benzene rings is 1. The van der Waals surface area contributed by atoms with Gasteiger partial charge in [-0.15, -0.1) is 0 Å². The molecule has 86 valence electrons. The fraction of sp³-hybridized carbons (Fsp3) is 0.364. The molecule has 1 aromatic rings. The largest absolute Gasteiger partial charge is 0.394 e. The van der Waals surface area contributed by atoms with Crippen LogP contribution in [0.1, 0.15) is 23.2 Å². The van der Waals surface area contributed by atoms with Crippen LogP contribution < -0.4 is 5.32 Å². The number of aliphatic hydroxyl groups excluding tert-OH is 1. The minimum absolute atomic E-state index is 0.0819. The molecule has 0 saturated heterocycles. The fourth-order valence-electron chi connectivity index (χ4n) is 1.46. The molecule has 0 spiro atoms. The molecule has 5 heteroatoms. The van der Waals surface area contributed by atoms with E-state index < -0.39 is 17.3 Å². The maximum atomic E-state index is 13.5. The molecule has 1 aliphatic rings. The Kier molecular flexibility index (Phi) is 2.86. The number of hydrogen-bond acceptors (Lipinski definition) is 2. The summed E-state index contributed by atoms with van der Waals surface area (Å²) in [7, 11) is 0. The number of amides is 1. The molecule has 1 aromatic carbocycles. The summed E-state index contributed by atoms with van der Waals surface area (Å²) < 4.78 is 13.5. The second-order valence-corrected chi connectivity index (χ2v) is 4.40. The Morgan fingerprint density at radius 2 is 2.25 bits per heavy atom. The van der Waals surface area contributed by atoms with Gasteiger partial charge in [-0.1, -0.05) is 17.7 Å². The lowest BCUT2D eigenvalue weighted by atomic mass is 10.1. The maximum Gasteiger partial charge on any atom is 0.254 e. The number of carbonyl (C=O) groups excluding carboxylic acids is 1. The van der Waals surface area contributed by atoms with Crippen LogP contribution in [0.3, 0.4) is 0 Å². The number of hydrogen-bond donors (Lipinski definition) is 2. The van der Waals surface area contributed by atoms with Crippen molar-refractivity contribution in [3.05, 3.63) is 34.6 Å². The number of aliphatic hydroxyl groups is 1. The van der Waals surface area contributed by atoms with Crippen LogP contribution in [0.15, 0.2) is 18.2 Å². The average molecular weight is 244 g/mol. The summed E-state index contributed by atoms with van der Waals surface area (Å²) in [5.74, 6) is -1.26. The van der Waals surface area contributed by atoms with E-state index in [4.69, 9.17) is 16.7 Å². The lowest BCUT2D eigenvalue weighted by Gasteiger charge is -2.14. The molecule has 3 nitrogen and oxygen atoms in total. The predicted octanol–water partition coefficient (Wildman–Crippen LogP) is 1.73. The molecule has 0 heterocycles. The molecule has 1 aliphatic carbocycles. The van der Waals surface area contributed by atoms with Crippen LogP contribution >= 0.6 is 11.6 Å². The van der Waals surface area contributed by atoms with Crippen molar-refractivity contribution in [3.8, 4) is 0 Å². The van der Waals surface area contributed by atoms with E-state index in [9.17, 15) is 9.18 Å². The lowest BCUT2D eigenvalue weighted by molar-refractivity contribution is 0.0902. The van der Waals surface area contributed by atoms with Crippen molar-refractivity contribution in [1.29, 1.82) is 0 Å². The normalized spacial score (nSPS) is 16.9. The van der Waals surface area contributed by atoms with Crippen LogP contribution in [0.4, 0.5) is 4.39 Å². The van der Waals surface area contributed by atoms with E-state index in [0.29, 0.717) is 0 Å². The highest BCUT2D eigenvalue weighted by molar-refractivity contribution is 6.31. The van der Waals surface area contributed by atoms with E-state index in [1.165, 1.54) is 18.2 Å². The van der Waals surface area contributed by atoms with Crippen molar-refractivity contribution < 1.29 is 14.3 Å². The zero-order chi connectivity index (χ0) is 11.8. The summed E-state index contributed by atoms with van der Waals surface area (Å²) in [5.41, 5.74) is -0.640. The Bertz CT molecular complexity index is 432. The van der Waals surface area contributed by atoms with Crippen LogP contribution in [0.2, 0.25) is 5.02 Å². The quantitative estimate of drug-likeness (QED) is 0.850. The van der Waals surface area contributed by atoms with Gasteiger partial charge in [-0.05, 0) is 25.0 Å². The summed E-state index contributed by atoms with van der Waals surface area (Å²) in [6, 6.07) is 4.26. The summed E-state index contributed by atoms with van der Waals surface area (Å²) >= 11 is 5.57. The van der Waals surface area contributed by atoms with Crippen LogP contribution in [-0.4, -0.2) is 23.2 Å². The minimum Gasteiger partial charge on any atom is -0.394 e. The van der Waals surface area contributed by atoms with E-state index in [1.807, 2.05) is 0 Å². The van der Waals surface area contributed by atoms with Gasteiger partial charge in [-0.3, -0.25) is 4.79 Å². The molecule has 0 aliphatic heterocycles. The number of carbonyl (C=O) groups is 1. The van der Waals surface area contributed by atoms with Gasteiger partial charge in [0.1, 0.15) is 0 Å². The smallest absolute Gasteiger partial charge is 0.254 e. The number of rotatable bonds is 3. The van der Waals surface area contributed by atoms with Crippen molar-refractivity contribution in [2.24, 2.45) is 0 Å². The van der Waals surface area contributed by atoms with E-state index in [-0.39, 0.29) is 17.2 Å². The first-order chi connectivity index (χ1) is 7.58. The lowest BCUT2D eigenvalue weighted by Crippen LogP contribution is -2.39. The molecule has 0 unspecified atom stereocenters. The predicted molar refractivity (Wildman–Crippen MR) is 57.9 cm³/mol. The standard InChI is InChI=1S/C11H11ClFNO2/c12-8-3-1-2-7(9(8)13)10(16)14-11(6-15)4-5-11/h1-3,15H,4-6H2,(H,14,16). The molecule has 0 atom stereocenters. The van der Waals surface area contributed by atoms with Gasteiger partial charge in [0.05, 0.1) is 22.7 Å². The van der Waals surface area contributed by atoms with Crippen molar-refractivity contribution in [3.63, 3.8) is 0 Å². The Hall–Kier alpha value is -1.13. The highest BCUT2D eigenvalue weighted by atomic mass is 35.5. The summed E-state index contributed by atoms with van der Waals surface area (Å²) in [5, 5.41) is 11.6. The Morgan fingerprint density at radius 1 is 1.56 bits per heavy atom. The third-order valence-electron chi connectivity index (χ3n) is 2.73. The average Bonchev–Trinajstić information content (AvgIpc) is 3.02. The van der Waals surface area contributed by atoms with Gasteiger partial charge >= 0.3 is 0 Å². The van der Waals surface area contributed by atoms with E-state index in [2.05, 4.69) is 5.32 Å². The molecule has 2 N–H and O–H groups in total. The summed E-state index contributed by atoms with van der Waals surface area (Å²) in [6.45, 7) is -0.124. The monoisotopic (exact) mass is 243 g/mol.